The van der Waals surface area contributed by atoms with Crippen molar-refractivity contribution < 1.29 is 13.9 Å². The Labute approximate surface area is 129 Å². The fourth-order valence-corrected chi connectivity index (χ4v) is 2.96. The summed E-state index contributed by atoms with van der Waals surface area (Å²) in [7, 11) is 0. The van der Waals surface area contributed by atoms with Gasteiger partial charge in [0.05, 0.1) is 6.10 Å². The van der Waals surface area contributed by atoms with Crippen LogP contribution in [0.25, 0.3) is 0 Å². The molecule has 20 heavy (non-hydrogen) atoms. The van der Waals surface area contributed by atoms with Gasteiger partial charge in [-0.2, -0.15) is 0 Å². The Hall–Kier alpha value is -0.910. The maximum absolute atomic E-state index is 13.6. The van der Waals surface area contributed by atoms with Gasteiger partial charge in [-0.25, -0.2) is 8.78 Å². The predicted molar refractivity (Wildman–Crippen MR) is 80.9 cm³/mol. The lowest BCUT2D eigenvalue weighted by molar-refractivity contribution is 0.198. The third-order valence-electron chi connectivity index (χ3n) is 2.71. The van der Waals surface area contributed by atoms with Gasteiger partial charge < -0.3 is 5.11 Å². The van der Waals surface area contributed by atoms with Crippen molar-refractivity contribution in [2.45, 2.75) is 17.4 Å². The zero-order valence-electron chi connectivity index (χ0n) is 10.5. The highest BCUT2D eigenvalue weighted by Crippen LogP contribution is 2.22. The number of aliphatic hydroxyl groups is 1. The highest BCUT2D eigenvalue weighted by molar-refractivity contribution is 9.10. The Morgan fingerprint density at radius 2 is 1.95 bits per heavy atom. The van der Waals surface area contributed by atoms with E-state index in [1.54, 1.807) is 24.3 Å². The molecule has 0 spiro atoms. The van der Waals surface area contributed by atoms with Crippen molar-refractivity contribution >= 4 is 27.7 Å². The summed E-state index contributed by atoms with van der Waals surface area (Å²) in [5.74, 6) is -0.253. The number of thioether (sulfide) groups is 1. The highest BCUT2D eigenvalue weighted by atomic mass is 79.9. The van der Waals surface area contributed by atoms with Crippen LogP contribution in [0.3, 0.4) is 0 Å². The van der Waals surface area contributed by atoms with Gasteiger partial charge in [0.15, 0.2) is 0 Å². The molecule has 0 aliphatic heterocycles. The topological polar surface area (TPSA) is 20.2 Å². The standard InChI is InChI=1S/C15H13BrF2OS/c16-11-5-4-10(15(18)7-11)6-13(19)9-20-14-3-1-2-12(17)8-14/h1-5,7-8,13,19H,6,9H2. The summed E-state index contributed by atoms with van der Waals surface area (Å²) in [5, 5.41) is 9.93. The second-order valence-electron chi connectivity index (χ2n) is 4.36. The lowest BCUT2D eigenvalue weighted by Gasteiger charge is -2.11. The van der Waals surface area contributed by atoms with E-state index in [9.17, 15) is 13.9 Å². The smallest absolute Gasteiger partial charge is 0.127 e. The Morgan fingerprint density at radius 1 is 1.15 bits per heavy atom. The second-order valence-corrected chi connectivity index (χ2v) is 6.37. The minimum Gasteiger partial charge on any atom is -0.392 e. The van der Waals surface area contributed by atoms with Gasteiger partial charge in [0.2, 0.25) is 0 Å². The van der Waals surface area contributed by atoms with Crippen molar-refractivity contribution in [3.8, 4) is 0 Å². The van der Waals surface area contributed by atoms with E-state index < -0.39 is 6.10 Å². The number of hydrogen-bond acceptors (Lipinski definition) is 2. The summed E-state index contributed by atoms with van der Waals surface area (Å²) in [6.07, 6.45) is -0.444. The molecule has 0 aliphatic rings. The number of benzene rings is 2. The lowest BCUT2D eigenvalue weighted by atomic mass is 10.1. The quantitative estimate of drug-likeness (QED) is 0.798. The molecule has 1 atom stereocenters. The second kappa shape index (κ2) is 7.20. The first-order valence-electron chi connectivity index (χ1n) is 6.05. The monoisotopic (exact) mass is 358 g/mol. The molecule has 5 heteroatoms. The van der Waals surface area contributed by atoms with Crippen LogP contribution in [0.15, 0.2) is 51.8 Å². The average Bonchev–Trinajstić information content (AvgIpc) is 2.40. The maximum atomic E-state index is 13.6. The maximum Gasteiger partial charge on any atom is 0.127 e. The first-order valence-corrected chi connectivity index (χ1v) is 7.83. The Morgan fingerprint density at radius 3 is 2.65 bits per heavy atom. The highest BCUT2D eigenvalue weighted by Gasteiger charge is 2.10. The molecule has 1 N–H and O–H groups in total. The molecular weight excluding hydrogens is 346 g/mol. The van der Waals surface area contributed by atoms with Crippen LogP contribution in [0.5, 0.6) is 0 Å². The van der Waals surface area contributed by atoms with Crippen molar-refractivity contribution in [2.75, 3.05) is 5.75 Å². The van der Waals surface area contributed by atoms with Gasteiger partial charge in [-0.15, -0.1) is 11.8 Å². The predicted octanol–water partition coefficient (Wildman–Crippen LogP) is 4.42. The molecule has 2 aromatic rings. The SMILES string of the molecule is OC(CSc1cccc(F)c1)Cc1ccc(Br)cc1F. The van der Waals surface area contributed by atoms with Gasteiger partial charge in [0.1, 0.15) is 11.6 Å². The van der Waals surface area contributed by atoms with Crippen LogP contribution in [-0.4, -0.2) is 17.0 Å². The Bertz CT molecular complexity index is 592. The summed E-state index contributed by atoms with van der Waals surface area (Å²) in [6, 6.07) is 11.0. The largest absolute Gasteiger partial charge is 0.392 e. The van der Waals surface area contributed by atoms with Gasteiger partial charge in [-0.3, -0.25) is 0 Å². The molecule has 0 aliphatic carbocycles. The Kier molecular flexibility index (Phi) is 5.57. The number of rotatable bonds is 5. The molecule has 2 rings (SSSR count). The molecule has 0 aromatic heterocycles. The minimum atomic E-state index is -0.682. The summed E-state index contributed by atoms with van der Waals surface area (Å²) in [6.45, 7) is 0. The van der Waals surface area contributed by atoms with E-state index in [-0.39, 0.29) is 18.1 Å². The number of halogens is 3. The summed E-state index contributed by atoms with van der Waals surface area (Å²) in [4.78, 5) is 0.750. The van der Waals surface area contributed by atoms with E-state index in [4.69, 9.17) is 0 Å². The van der Waals surface area contributed by atoms with Gasteiger partial charge >= 0.3 is 0 Å². The first-order chi connectivity index (χ1) is 9.54. The molecule has 0 bridgehead atoms. The third-order valence-corrected chi connectivity index (χ3v) is 4.34. The van der Waals surface area contributed by atoms with Crippen LogP contribution in [0.2, 0.25) is 0 Å². The molecule has 0 amide bonds. The van der Waals surface area contributed by atoms with E-state index in [0.717, 1.165) is 4.90 Å². The van der Waals surface area contributed by atoms with Crippen molar-refractivity contribution in [1.82, 2.24) is 0 Å². The zero-order valence-corrected chi connectivity index (χ0v) is 12.9. The van der Waals surface area contributed by atoms with Crippen LogP contribution >= 0.6 is 27.7 Å². The summed E-state index contributed by atoms with van der Waals surface area (Å²) >= 11 is 4.54. The molecule has 0 saturated carbocycles. The Balaban J connectivity index is 1.90. The van der Waals surface area contributed by atoms with E-state index in [1.165, 1.54) is 30.0 Å². The van der Waals surface area contributed by atoms with Gasteiger partial charge in [0.25, 0.3) is 0 Å². The van der Waals surface area contributed by atoms with Crippen molar-refractivity contribution in [3.05, 3.63) is 64.1 Å². The normalized spacial score (nSPS) is 12.4. The van der Waals surface area contributed by atoms with Gasteiger partial charge in [-0.05, 0) is 35.9 Å². The van der Waals surface area contributed by atoms with E-state index in [0.29, 0.717) is 15.8 Å². The molecule has 2 aromatic carbocycles. The van der Waals surface area contributed by atoms with Gasteiger partial charge in [-0.1, -0.05) is 28.1 Å². The van der Waals surface area contributed by atoms with Crippen LogP contribution in [-0.2, 0) is 6.42 Å². The average molecular weight is 359 g/mol. The van der Waals surface area contributed by atoms with E-state index in [2.05, 4.69) is 15.9 Å². The molecular formula is C15H13BrF2OS. The van der Waals surface area contributed by atoms with Crippen molar-refractivity contribution in [2.24, 2.45) is 0 Å². The summed E-state index contributed by atoms with van der Waals surface area (Å²) in [5.41, 5.74) is 0.473. The van der Waals surface area contributed by atoms with Crippen LogP contribution < -0.4 is 0 Å². The molecule has 0 saturated heterocycles. The zero-order chi connectivity index (χ0) is 14.5. The molecule has 0 radical (unpaired) electrons. The van der Waals surface area contributed by atoms with Gasteiger partial charge in [0, 0.05) is 21.5 Å². The van der Waals surface area contributed by atoms with Crippen LogP contribution in [0.4, 0.5) is 8.78 Å². The van der Waals surface area contributed by atoms with Crippen molar-refractivity contribution in [3.63, 3.8) is 0 Å². The number of aliphatic hydroxyl groups excluding tert-OH is 1. The fourth-order valence-electron chi connectivity index (χ4n) is 1.75. The fraction of sp³-hybridized carbons (Fsp3) is 0.200. The molecule has 106 valence electrons. The number of hydrogen-bond donors (Lipinski definition) is 1. The first kappa shape index (κ1) is 15.5. The van der Waals surface area contributed by atoms with E-state index >= 15 is 0 Å². The minimum absolute atomic E-state index is 0.238. The molecule has 1 nitrogen and oxygen atoms in total. The lowest BCUT2D eigenvalue weighted by Crippen LogP contribution is -2.14. The third kappa shape index (κ3) is 4.58. The molecule has 0 fully saturated rings. The van der Waals surface area contributed by atoms with E-state index in [1.807, 2.05) is 0 Å². The van der Waals surface area contributed by atoms with Crippen LogP contribution in [0, 0.1) is 11.6 Å². The van der Waals surface area contributed by atoms with Crippen molar-refractivity contribution in [1.29, 1.82) is 0 Å². The molecule has 1 unspecified atom stereocenters. The van der Waals surface area contributed by atoms with Crippen LogP contribution in [0.1, 0.15) is 5.56 Å². The summed E-state index contributed by atoms with van der Waals surface area (Å²) < 4.78 is 27.3. The molecule has 0 heterocycles.